The first-order valence-electron chi connectivity index (χ1n) is 10.4. The van der Waals surface area contributed by atoms with Crippen LogP contribution in [0, 0.1) is 0 Å². The van der Waals surface area contributed by atoms with Crippen molar-refractivity contribution < 1.29 is 22.7 Å². The highest BCUT2D eigenvalue weighted by Crippen LogP contribution is 2.29. The van der Waals surface area contributed by atoms with Gasteiger partial charge in [0.25, 0.3) is 5.91 Å². The van der Waals surface area contributed by atoms with Crippen molar-refractivity contribution in [3.05, 3.63) is 65.7 Å². The van der Waals surface area contributed by atoms with E-state index in [-0.39, 0.29) is 22.8 Å². The molecule has 7 nitrogen and oxygen atoms in total. The molecule has 0 radical (unpaired) electrons. The normalized spacial score (nSPS) is 11.5. The maximum Gasteiger partial charge on any atom is 0.251 e. The minimum atomic E-state index is -3.80. The first-order chi connectivity index (χ1) is 15.4. The Balaban J connectivity index is 1.92. The summed E-state index contributed by atoms with van der Waals surface area (Å²) in [5.41, 5.74) is 1.08. The third-order valence-electron chi connectivity index (χ3n) is 5.39. The topological polar surface area (TPSA) is 84.9 Å². The molecule has 3 rings (SSSR count). The van der Waals surface area contributed by atoms with Gasteiger partial charge in [0.05, 0.1) is 14.2 Å². The van der Waals surface area contributed by atoms with Crippen molar-refractivity contribution in [2.45, 2.75) is 25.3 Å². The number of ether oxygens (including phenoxy) is 2. The number of carbonyl (C=O) groups excluding carboxylic acids is 1. The molecule has 0 saturated carbocycles. The molecule has 0 unspecified atom stereocenters. The molecule has 0 atom stereocenters. The number of hydrogen-bond acceptors (Lipinski definition) is 5. The smallest absolute Gasteiger partial charge is 0.251 e. The number of benzene rings is 3. The largest absolute Gasteiger partial charge is 0.496 e. The molecule has 0 aromatic heterocycles. The molecule has 0 heterocycles. The number of methoxy groups -OCH3 is 2. The number of sulfonamides is 1. The summed E-state index contributed by atoms with van der Waals surface area (Å²) in [6.07, 6.45) is 0. The highest BCUT2D eigenvalue weighted by molar-refractivity contribution is 7.89. The molecule has 0 saturated heterocycles. The van der Waals surface area contributed by atoms with Crippen LogP contribution in [0.3, 0.4) is 0 Å². The van der Waals surface area contributed by atoms with E-state index in [1.54, 1.807) is 27.0 Å². The van der Waals surface area contributed by atoms with Gasteiger partial charge in [-0.3, -0.25) is 4.79 Å². The number of fused-ring (bicyclic) bond motifs is 1. The third-order valence-corrected chi connectivity index (χ3v) is 7.46. The van der Waals surface area contributed by atoms with Crippen molar-refractivity contribution >= 4 is 26.7 Å². The van der Waals surface area contributed by atoms with Crippen LogP contribution in [0.15, 0.2) is 59.5 Å². The van der Waals surface area contributed by atoms with Gasteiger partial charge in [0.2, 0.25) is 10.0 Å². The van der Waals surface area contributed by atoms with Gasteiger partial charge in [-0.1, -0.05) is 44.2 Å². The predicted molar refractivity (Wildman–Crippen MR) is 125 cm³/mol. The Labute approximate surface area is 189 Å². The molecule has 8 heteroatoms. The Morgan fingerprint density at radius 2 is 1.59 bits per heavy atom. The maximum atomic E-state index is 13.1. The van der Waals surface area contributed by atoms with E-state index >= 15 is 0 Å². The van der Waals surface area contributed by atoms with E-state index in [1.165, 1.54) is 23.5 Å². The van der Waals surface area contributed by atoms with Gasteiger partial charge in [-0.05, 0) is 35.0 Å². The minimum absolute atomic E-state index is 0.0286. The summed E-state index contributed by atoms with van der Waals surface area (Å²) >= 11 is 0. The van der Waals surface area contributed by atoms with Crippen LogP contribution in [0.5, 0.6) is 11.5 Å². The molecule has 32 heavy (non-hydrogen) atoms. The van der Waals surface area contributed by atoms with Crippen LogP contribution in [-0.4, -0.2) is 45.9 Å². The van der Waals surface area contributed by atoms with Crippen LogP contribution >= 0.6 is 0 Å². The predicted octanol–water partition coefficient (Wildman–Crippen LogP) is 3.82. The first kappa shape index (κ1) is 23.6. The van der Waals surface area contributed by atoms with Gasteiger partial charge >= 0.3 is 0 Å². The SMILES string of the molecule is CCN(CC)S(=O)(=O)c1cc(C(=O)NCc2c(OC)ccc3ccccc23)ccc1OC. The monoisotopic (exact) mass is 456 g/mol. The average Bonchev–Trinajstić information content (AvgIpc) is 2.82. The van der Waals surface area contributed by atoms with Gasteiger partial charge in [0.1, 0.15) is 16.4 Å². The summed E-state index contributed by atoms with van der Waals surface area (Å²) in [5, 5.41) is 4.90. The first-order valence-corrected chi connectivity index (χ1v) is 11.8. The lowest BCUT2D eigenvalue weighted by Gasteiger charge is -2.20. The van der Waals surface area contributed by atoms with Gasteiger partial charge < -0.3 is 14.8 Å². The lowest BCUT2D eigenvalue weighted by Crippen LogP contribution is -2.31. The molecule has 0 bridgehead atoms. The fourth-order valence-corrected chi connectivity index (χ4v) is 5.32. The fraction of sp³-hybridized carbons (Fsp3) is 0.292. The summed E-state index contributed by atoms with van der Waals surface area (Å²) in [4.78, 5) is 12.9. The van der Waals surface area contributed by atoms with E-state index in [0.29, 0.717) is 18.8 Å². The number of hydrogen-bond donors (Lipinski definition) is 1. The lowest BCUT2D eigenvalue weighted by molar-refractivity contribution is 0.0950. The van der Waals surface area contributed by atoms with Crippen LogP contribution in [0.2, 0.25) is 0 Å². The van der Waals surface area contributed by atoms with Crippen LogP contribution in [0.1, 0.15) is 29.8 Å². The van der Waals surface area contributed by atoms with Crippen LogP contribution in [0.25, 0.3) is 10.8 Å². The van der Waals surface area contributed by atoms with E-state index in [1.807, 2.05) is 36.4 Å². The zero-order valence-corrected chi connectivity index (χ0v) is 19.5. The molecular weight excluding hydrogens is 428 g/mol. The van der Waals surface area contributed by atoms with E-state index in [9.17, 15) is 13.2 Å². The second-order valence-electron chi connectivity index (χ2n) is 7.11. The highest BCUT2D eigenvalue weighted by Gasteiger charge is 2.27. The molecular formula is C24H28N2O5S. The van der Waals surface area contributed by atoms with Crippen molar-refractivity contribution in [3.8, 4) is 11.5 Å². The number of rotatable bonds is 9. The Kier molecular flexibility index (Phi) is 7.37. The zero-order valence-electron chi connectivity index (χ0n) is 18.7. The molecule has 0 aliphatic carbocycles. The minimum Gasteiger partial charge on any atom is -0.496 e. The molecule has 0 fully saturated rings. The van der Waals surface area contributed by atoms with Crippen LogP contribution < -0.4 is 14.8 Å². The van der Waals surface area contributed by atoms with Crippen LogP contribution in [-0.2, 0) is 16.6 Å². The summed E-state index contributed by atoms with van der Waals surface area (Å²) < 4.78 is 38.2. The van der Waals surface area contributed by atoms with Crippen molar-refractivity contribution in [1.29, 1.82) is 0 Å². The number of nitrogens with zero attached hydrogens (tertiary/aromatic N) is 1. The number of amides is 1. The second kappa shape index (κ2) is 10.0. The molecule has 1 amide bonds. The summed E-state index contributed by atoms with van der Waals surface area (Å²) in [6, 6.07) is 16.1. The molecule has 3 aromatic carbocycles. The number of nitrogens with one attached hydrogen (secondary N) is 1. The van der Waals surface area contributed by atoms with Gasteiger partial charge in [-0.25, -0.2) is 8.42 Å². The van der Waals surface area contributed by atoms with Gasteiger partial charge in [-0.15, -0.1) is 0 Å². The third kappa shape index (κ3) is 4.56. The molecule has 0 aliphatic heterocycles. The standard InChI is InChI=1S/C24H28N2O5S/c1-5-26(6-2)32(28,29)23-15-18(12-14-22(23)31-4)24(27)25-16-20-19-10-8-7-9-17(19)11-13-21(20)30-3/h7-15H,5-6,16H2,1-4H3,(H,25,27). The quantitative estimate of drug-likeness (QED) is 0.529. The van der Waals surface area contributed by atoms with Gasteiger partial charge in [0.15, 0.2) is 0 Å². The maximum absolute atomic E-state index is 13.1. The van der Waals surface area contributed by atoms with E-state index in [4.69, 9.17) is 9.47 Å². The van der Waals surface area contributed by atoms with Crippen molar-refractivity contribution in [3.63, 3.8) is 0 Å². The molecule has 0 aliphatic rings. The van der Waals surface area contributed by atoms with Gasteiger partial charge in [0, 0.05) is 30.8 Å². The number of carbonyl (C=O) groups is 1. The summed E-state index contributed by atoms with van der Waals surface area (Å²) in [6.45, 7) is 4.40. The van der Waals surface area contributed by atoms with E-state index in [0.717, 1.165) is 16.3 Å². The van der Waals surface area contributed by atoms with Crippen molar-refractivity contribution in [2.24, 2.45) is 0 Å². The van der Waals surface area contributed by atoms with E-state index < -0.39 is 15.9 Å². The fourth-order valence-electron chi connectivity index (χ4n) is 3.68. The Hall–Kier alpha value is -3.10. The van der Waals surface area contributed by atoms with Crippen molar-refractivity contribution in [2.75, 3.05) is 27.3 Å². The van der Waals surface area contributed by atoms with E-state index in [2.05, 4.69) is 5.32 Å². The van der Waals surface area contributed by atoms with Crippen LogP contribution in [0.4, 0.5) is 0 Å². The highest BCUT2D eigenvalue weighted by atomic mass is 32.2. The zero-order chi connectivity index (χ0) is 23.3. The average molecular weight is 457 g/mol. The Bertz CT molecular complexity index is 1220. The second-order valence-corrected chi connectivity index (χ2v) is 9.01. The van der Waals surface area contributed by atoms with Crippen molar-refractivity contribution in [1.82, 2.24) is 9.62 Å². The Morgan fingerprint density at radius 3 is 2.25 bits per heavy atom. The lowest BCUT2D eigenvalue weighted by atomic mass is 10.0. The van der Waals surface area contributed by atoms with Gasteiger partial charge in [-0.2, -0.15) is 4.31 Å². The molecule has 1 N–H and O–H groups in total. The molecule has 0 spiro atoms. The molecule has 170 valence electrons. The Morgan fingerprint density at radius 1 is 0.938 bits per heavy atom. The summed E-state index contributed by atoms with van der Waals surface area (Å²) in [7, 11) is -0.806. The molecule has 3 aromatic rings. The summed E-state index contributed by atoms with van der Waals surface area (Å²) in [5.74, 6) is 0.478.